The average Bonchev–Trinajstić information content (AvgIpc) is 3.03. The SMILES string of the molecule is CC(CC(=O)N1CC(O)(C(=O)O)C1)NC(=O)OCC1c2ccccc2-c2ccccc21. The monoisotopic (exact) mass is 424 g/mol. The molecule has 1 aliphatic carbocycles. The number of carbonyl (C=O) groups excluding carboxylic acids is 2. The molecule has 1 saturated heterocycles. The number of aliphatic carboxylic acids is 1. The van der Waals surface area contributed by atoms with Crippen molar-refractivity contribution < 1.29 is 29.3 Å². The van der Waals surface area contributed by atoms with Gasteiger partial charge in [-0.05, 0) is 29.2 Å². The molecule has 1 fully saturated rings. The summed E-state index contributed by atoms with van der Waals surface area (Å²) in [6.45, 7) is 1.35. The maximum absolute atomic E-state index is 12.3. The van der Waals surface area contributed by atoms with E-state index in [-0.39, 0.29) is 37.9 Å². The number of ether oxygens (including phenoxy) is 1. The second-order valence-corrected chi connectivity index (χ2v) is 8.16. The molecular formula is C23H24N2O6. The number of fused-ring (bicyclic) bond motifs is 3. The Morgan fingerprint density at radius 2 is 1.65 bits per heavy atom. The molecular weight excluding hydrogens is 400 g/mol. The van der Waals surface area contributed by atoms with E-state index in [1.807, 2.05) is 36.4 Å². The molecule has 2 amide bonds. The van der Waals surface area contributed by atoms with Crippen molar-refractivity contribution in [2.75, 3.05) is 19.7 Å². The molecule has 1 atom stereocenters. The van der Waals surface area contributed by atoms with Crippen molar-refractivity contribution in [2.45, 2.75) is 30.9 Å². The fourth-order valence-electron chi connectivity index (χ4n) is 4.18. The van der Waals surface area contributed by atoms with Gasteiger partial charge in [0.25, 0.3) is 0 Å². The van der Waals surface area contributed by atoms with Crippen LogP contribution in [0.15, 0.2) is 48.5 Å². The lowest BCUT2D eigenvalue weighted by Gasteiger charge is -2.43. The Morgan fingerprint density at radius 3 is 2.19 bits per heavy atom. The molecule has 0 bridgehead atoms. The van der Waals surface area contributed by atoms with E-state index >= 15 is 0 Å². The van der Waals surface area contributed by atoms with E-state index in [1.54, 1.807) is 6.92 Å². The largest absolute Gasteiger partial charge is 0.479 e. The van der Waals surface area contributed by atoms with Crippen molar-refractivity contribution >= 4 is 18.0 Å². The topological polar surface area (TPSA) is 116 Å². The molecule has 162 valence electrons. The van der Waals surface area contributed by atoms with Gasteiger partial charge in [0.1, 0.15) is 6.61 Å². The number of hydrogen-bond acceptors (Lipinski definition) is 5. The third kappa shape index (κ3) is 3.98. The molecule has 0 aromatic heterocycles. The number of aliphatic hydroxyl groups is 1. The molecule has 3 N–H and O–H groups in total. The van der Waals surface area contributed by atoms with Crippen LogP contribution in [0.4, 0.5) is 4.79 Å². The number of alkyl carbamates (subject to hydrolysis) is 1. The van der Waals surface area contributed by atoms with Gasteiger partial charge < -0.3 is 25.2 Å². The lowest BCUT2D eigenvalue weighted by atomic mass is 9.94. The fourth-order valence-corrected chi connectivity index (χ4v) is 4.18. The van der Waals surface area contributed by atoms with Gasteiger partial charge in [-0.25, -0.2) is 9.59 Å². The minimum absolute atomic E-state index is 0.0140. The predicted molar refractivity (Wildman–Crippen MR) is 111 cm³/mol. The first-order valence-electron chi connectivity index (χ1n) is 10.1. The number of likely N-dealkylation sites (tertiary alicyclic amines) is 1. The van der Waals surface area contributed by atoms with E-state index in [9.17, 15) is 19.5 Å². The molecule has 2 aliphatic rings. The average molecular weight is 424 g/mol. The molecule has 31 heavy (non-hydrogen) atoms. The van der Waals surface area contributed by atoms with Gasteiger partial charge in [-0.1, -0.05) is 48.5 Å². The standard InChI is InChI=1S/C23H24N2O6/c1-14(10-20(26)25-12-23(30,13-25)21(27)28)24-22(29)31-11-19-17-8-4-2-6-15(17)16-7-3-5-9-18(16)19/h2-9,14,19,30H,10-13H2,1H3,(H,24,29)(H,27,28). The molecule has 2 aromatic carbocycles. The zero-order chi connectivity index (χ0) is 22.2. The highest BCUT2D eigenvalue weighted by Gasteiger charge is 2.50. The number of nitrogens with one attached hydrogen (secondary N) is 1. The zero-order valence-corrected chi connectivity index (χ0v) is 17.1. The number of amides is 2. The summed E-state index contributed by atoms with van der Waals surface area (Å²) >= 11 is 0. The number of hydrogen-bond donors (Lipinski definition) is 3. The summed E-state index contributed by atoms with van der Waals surface area (Å²) in [7, 11) is 0. The number of carboxylic acid groups (broad SMARTS) is 1. The highest BCUT2D eigenvalue weighted by molar-refractivity contribution is 5.85. The first-order chi connectivity index (χ1) is 14.8. The van der Waals surface area contributed by atoms with Gasteiger partial charge in [-0.15, -0.1) is 0 Å². The molecule has 0 saturated carbocycles. The van der Waals surface area contributed by atoms with E-state index in [0.717, 1.165) is 22.3 Å². The summed E-state index contributed by atoms with van der Waals surface area (Å²) in [6.07, 6.45) is -0.632. The van der Waals surface area contributed by atoms with E-state index in [1.165, 1.54) is 4.90 Å². The van der Waals surface area contributed by atoms with E-state index in [0.29, 0.717) is 0 Å². The summed E-state index contributed by atoms with van der Waals surface area (Å²) in [5, 5.41) is 21.3. The van der Waals surface area contributed by atoms with Crippen LogP contribution in [0.1, 0.15) is 30.4 Å². The van der Waals surface area contributed by atoms with Crippen molar-refractivity contribution in [2.24, 2.45) is 0 Å². The number of benzene rings is 2. The van der Waals surface area contributed by atoms with Crippen LogP contribution >= 0.6 is 0 Å². The molecule has 1 aliphatic heterocycles. The van der Waals surface area contributed by atoms with Crippen LogP contribution in [0.2, 0.25) is 0 Å². The summed E-state index contributed by atoms with van der Waals surface area (Å²) in [6, 6.07) is 15.6. The van der Waals surface area contributed by atoms with Crippen LogP contribution in [-0.2, 0) is 14.3 Å². The Balaban J connectivity index is 1.29. The van der Waals surface area contributed by atoms with E-state index < -0.39 is 23.7 Å². The first kappa shape index (κ1) is 20.9. The second-order valence-electron chi connectivity index (χ2n) is 8.16. The van der Waals surface area contributed by atoms with Gasteiger partial charge in [0.05, 0.1) is 13.1 Å². The van der Waals surface area contributed by atoms with Crippen LogP contribution in [0, 0.1) is 0 Å². The Bertz CT molecular complexity index is 985. The number of β-amino-alcohol motifs (C(OH)–C–C–N with tert-alkyl or cyclic N) is 1. The van der Waals surface area contributed by atoms with Gasteiger partial charge in [0.15, 0.2) is 5.60 Å². The third-order valence-electron chi connectivity index (χ3n) is 5.84. The molecule has 0 radical (unpaired) electrons. The quantitative estimate of drug-likeness (QED) is 0.653. The third-order valence-corrected chi connectivity index (χ3v) is 5.84. The lowest BCUT2D eigenvalue weighted by Crippen LogP contribution is -2.67. The van der Waals surface area contributed by atoms with Crippen LogP contribution in [0.3, 0.4) is 0 Å². The maximum atomic E-state index is 12.3. The van der Waals surface area contributed by atoms with Crippen LogP contribution in [0.25, 0.3) is 11.1 Å². The Labute approximate surface area is 179 Å². The van der Waals surface area contributed by atoms with Gasteiger partial charge in [0.2, 0.25) is 5.91 Å². The summed E-state index contributed by atoms with van der Waals surface area (Å²) in [5.41, 5.74) is 2.63. The minimum Gasteiger partial charge on any atom is -0.479 e. The summed E-state index contributed by atoms with van der Waals surface area (Å²) in [5.74, 6) is -1.73. The molecule has 1 unspecified atom stereocenters. The highest BCUT2D eigenvalue weighted by atomic mass is 16.5. The zero-order valence-electron chi connectivity index (χ0n) is 17.1. The normalized spacial score (nSPS) is 17.2. The maximum Gasteiger partial charge on any atom is 0.407 e. The Morgan fingerprint density at radius 1 is 1.10 bits per heavy atom. The molecule has 4 rings (SSSR count). The summed E-state index contributed by atoms with van der Waals surface area (Å²) < 4.78 is 5.46. The van der Waals surface area contributed by atoms with Gasteiger partial charge in [0, 0.05) is 18.4 Å². The van der Waals surface area contributed by atoms with Crippen LogP contribution in [-0.4, -0.2) is 64.4 Å². The van der Waals surface area contributed by atoms with Crippen molar-refractivity contribution in [3.05, 3.63) is 59.7 Å². The van der Waals surface area contributed by atoms with Gasteiger partial charge in [-0.3, -0.25) is 4.79 Å². The minimum atomic E-state index is -1.88. The number of carbonyl (C=O) groups is 3. The van der Waals surface area contributed by atoms with Crippen molar-refractivity contribution in [3.8, 4) is 11.1 Å². The fraction of sp³-hybridized carbons (Fsp3) is 0.348. The molecule has 0 spiro atoms. The van der Waals surface area contributed by atoms with Crippen molar-refractivity contribution in [1.29, 1.82) is 0 Å². The second kappa shape index (κ2) is 8.03. The van der Waals surface area contributed by atoms with Gasteiger partial charge >= 0.3 is 12.1 Å². The molecule has 8 nitrogen and oxygen atoms in total. The lowest BCUT2D eigenvalue weighted by molar-refractivity contribution is -0.182. The highest BCUT2D eigenvalue weighted by Crippen LogP contribution is 2.44. The van der Waals surface area contributed by atoms with Crippen molar-refractivity contribution in [3.63, 3.8) is 0 Å². The predicted octanol–water partition coefficient (Wildman–Crippen LogP) is 1.96. The number of nitrogens with zero attached hydrogens (tertiary/aromatic N) is 1. The first-order valence-corrected chi connectivity index (χ1v) is 10.1. The Kier molecular flexibility index (Phi) is 5.41. The van der Waals surface area contributed by atoms with Gasteiger partial charge in [-0.2, -0.15) is 0 Å². The number of rotatable bonds is 6. The molecule has 8 heteroatoms. The van der Waals surface area contributed by atoms with Crippen molar-refractivity contribution in [1.82, 2.24) is 10.2 Å². The van der Waals surface area contributed by atoms with Crippen LogP contribution < -0.4 is 5.32 Å². The molecule has 1 heterocycles. The van der Waals surface area contributed by atoms with Crippen LogP contribution in [0.5, 0.6) is 0 Å². The van der Waals surface area contributed by atoms with E-state index in [4.69, 9.17) is 9.84 Å². The van der Waals surface area contributed by atoms with E-state index in [2.05, 4.69) is 17.4 Å². The Hall–Kier alpha value is -3.39. The molecule has 2 aromatic rings. The number of carboxylic acids is 1. The summed E-state index contributed by atoms with van der Waals surface area (Å²) in [4.78, 5) is 36.7. The smallest absolute Gasteiger partial charge is 0.407 e.